The van der Waals surface area contributed by atoms with E-state index < -0.39 is 0 Å². The van der Waals surface area contributed by atoms with Crippen LogP contribution in [0, 0.1) is 0 Å². The second kappa shape index (κ2) is 4.71. The molecule has 0 fully saturated rings. The fourth-order valence-electron chi connectivity index (χ4n) is 2.78. The van der Waals surface area contributed by atoms with E-state index in [2.05, 4.69) is 18.2 Å². The van der Waals surface area contributed by atoms with Gasteiger partial charge in [0, 0.05) is 5.56 Å². The molecule has 2 aromatic carbocycles. The van der Waals surface area contributed by atoms with Crippen molar-refractivity contribution < 1.29 is 4.79 Å². The topological polar surface area (TPSA) is 20.3 Å². The van der Waals surface area contributed by atoms with Crippen molar-refractivity contribution in [1.29, 1.82) is 0 Å². The molecule has 96 valence electrons. The molecular weight excluding hydrogens is 258 g/mol. The first-order chi connectivity index (χ1) is 9.24. The van der Waals surface area contributed by atoms with Gasteiger partial charge in [-0.3, -0.25) is 4.79 Å². The minimum Gasteiger partial charge on any atom is -0.304 e. The highest BCUT2D eigenvalue weighted by molar-refractivity contribution is 6.29. The SMILES string of the molecule is CC1c2ccccc2-c2ccccc2N1C(=O)CCl. The van der Waals surface area contributed by atoms with Gasteiger partial charge in [0.15, 0.2) is 0 Å². The molecule has 0 saturated carbocycles. The fourth-order valence-corrected chi connectivity index (χ4v) is 2.91. The van der Waals surface area contributed by atoms with Crippen molar-refractivity contribution in [3.8, 4) is 11.1 Å². The van der Waals surface area contributed by atoms with Crippen LogP contribution in [0.15, 0.2) is 48.5 Å². The lowest BCUT2D eigenvalue weighted by Gasteiger charge is -2.36. The molecule has 1 amide bonds. The number of para-hydroxylation sites is 1. The lowest BCUT2D eigenvalue weighted by Crippen LogP contribution is -2.37. The molecule has 0 saturated heterocycles. The highest BCUT2D eigenvalue weighted by Gasteiger charge is 2.31. The fraction of sp³-hybridized carbons (Fsp3) is 0.188. The zero-order valence-corrected chi connectivity index (χ0v) is 11.4. The predicted octanol–water partition coefficient (Wildman–Crippen LogP) is 4.00. The molecule has 0 bridgehead atoms. The predicted molar refractivity (Wildman–Crippen MR) is 78.5 cm³/mol. The Morgan fingerprint density at radius 2 is 1.74 bits per heavy atom. The highest BCUT2D eigenvalue weighted by atomic mass is 35.5. The number of nitrogens with zero attached hydrogens (tertiary/aromatic N) is 1. The maximum atomic E-state index is 12.1. The normalized spacial score (nSPS) is 16.7. The first kappa shape index (κ1) is 12.2. The Kier molecular flexibility index (Phi) is 3.03. The molecule has 0 N–H and O–H groups in total. The minimum atomic E-state index is -0.0591. The van der Waals surface area contributed by atoms with Crippen molar-refractivity contribution in [3.05, 3.63) is 54.1 Å². The third kappa shape index (κ3) is 1.83. The first-order valence-electron chi connectivity index (χ1n) is 6.30. The molecule has 3 rings (SSSR count). The number of alkyl halides is 1. The van der Waals surface area contributed by atoms with Crippen LogP contribution >= 0.6 is 11.6 Å². The molecule has 1 aliphatic rings. The van der Waals surface area contributed by atoms with E-state index in [0.29, 0.717) is 0 Å². The summed E-state index contributed by atoms with van der Waals surface area (Å²) in [5.41, 5.74) is 4.40. The molecule has 2 nitrogen and oxygen atoms in total. The van der Waals surface area contributed by atoms with Crippen LogP contribution in [0.1, 0.15) is 18.5 Å². The molecule has 1 aliphatic heterocycles. The molecule has 0 aromatic heterocycles. The van der Waals surface area contributed by atoms with E-state index in [4.69, 9.17) is 11.6 Å². The Hall–Kier alpha value is -1.80. The molecule has 1 unspecified atom stereocenters. The van der Waals surface area contributed by atoms with Gasteiger partial charge in [0.2, 0.25) is 5.91 Å². The number of amides is 1. The number of benzene rings is 2. The Morgan fingerprint density at radius 3 is 2.47 bits per heavy atom. The highest BCUT2D eigenvalue weighted by Crippen LogP contribution is 2.44. The molecule has 0 radical (unpaired) electrons. The summed E-state index contributed by atoms with van der Waals surface area (Å²) in [6.45, 7) is 2.04. The van der Waals surface area contributed by atoms with Crippen LogP contribution in [-0.4, -0.2) is 11.8 Å². The lowest BCUT2D eigenvalue weighted by molar-refractivity contribution is -0.116. The zero-order chi connectivity index (χ0) is 13.4. The van der Waals surface area contributed by atoms with E-state index in [1.165, 1.54) is 11.1 Å². The second-order valence-electron chi connectivity index (χ2n) is 4.68. The number of anilines is 1. The molecule has 0 spiro atoms. The van der Waals surface area contributed by atoms with Gasteiger partial charge in [-0.2, -0.15) is 0 Å². The van der Waals surface area contributed by atoms with Crippen LogP contribution in [0.5, 0.6) is 0 Å². The third-order valence-electron chi connectivity index (χ3n) is 3.63. The number of hydrogen-bond acceptors (Lipinski definition) is 1. The molecule has 1 atom stereocenters. The van der Waals surface area contributed by atoms with Crippen molar-refractivity contribution >= 4 is 23.2 Å². The summed E-state index contributed by atoms with van der Waals surface area (Å²) in [6.07, 6.45) is 0. The van der Waals surface area contributed by atoms with Crippen molar-refractivity contribution in [2.24, 2.45) is 0 Å². The molecule has 3 heteroatoms. The number of halogens is 1. The molecule has 2 aromatic rings. The van der Waals surface area contributed by atoms with Crippen molar-refractivity contribution in [2.45, 2.75) is 13.0 Å². The van der Waals surface area contributed by atoms with Gasteiger partial charge in [-0.15, -0.1) is 11.6 Å². The van der Waals surface area contributed by atoms with Crippen LogP contribution in [0.3, 0.4) is 0 Å². The number of carbonyl (C=O) groups is 1. The van der Waals surface area contributed by atoms with Crippen LogP contribution in [-0.2, 0) is 4.79 Å². The Morgan fingerprint density at radius 1 is 1.11 bits per heavy atom. The minimum absolute atomic E-state index is 0.000835. The summed E-state index contributed by atoms with van der Waals surface area (Å²) in [6, 6.07) is 16.2. The third-order valence-corrected chi connectivity index (χ3v) is 3.86. The van der Waals surface area contributed by atoms with Gasteiger partial charge in [-0.25, -0.2) is 0 Å². The molecule has 0 aliphatic carbocycles. The Bertz CT molecular complexity index is 638. The summed E-state index contributed by atoms with van der Waals surface area (Å²) in [5, 5.41) is 0. The Labute approximate surface area is 117 Å². The van der Waals surface area contributed by atoms with E-state index in [9.17, 15) is 4.79 Å². The molecule has 19 heavy (non-hydrogen) atoms. The standard InChI is InChI=1S/C16H14ClNO/c1-11-12-6-2-3-7-13(12)14-8-4-5-9-15(14)18(11)16(19)10-17/h2-9,11H,10H2,1H3. The largest absolute Gasteiger partial charge is 0.304 e. The summed E-state index contributed by atoms with van der Waals surface area (Å²) < 4.78 is 0. The molecule has 1 heterocycles. The number of fused-ring (bicyclic) bond motifs is 3. The van der Waals surface area contributed by atoms with Crippen LogP contribution in [0.4, 0.5) is 5.69 Å². The summed E-state index contributed by atoms with van der Waals surface area (Å²) >= 11 is 5.75. The van der Waals surface area contributed by atoms with E-state index in [0.717, 1.165) is 11.3 Å². The monoisotopic (exact) mass is 271 g/mol. The lowest BCUT2D eigenvalue weighted by atomic mass is 9.89. The van der Waals surface area contributed by atoms with E-state index in [1.54, 1.807) is 4.90 Å². The first-order valence-corrected chi connectivity index (χ1v) is 6.84. The average molecular weight is 272 g/mol. The maximum Gasteiger partial charge on any atom is 0.242 e. The maximum absolute atomic E-state index is 12.1. The van der Waals surface area contributed by atoms with Crippen LogP contribution in [0.2, 0.25) is 0 Å². The van der Waals surface area contributed by atoms with Crippen LogP contribution < -0.4 is 4.90 Å². The van der Waals surface area contributed by atoms with E-state index in [1.807, 2.05) is 37.3 Å². The summed E-state index contributed by atoms with van der Waals surface area (Å²) in [4.78, 5) is 13.9. The van der Waals surface area contributed by atoms with Gasteiger partial charge >= 0.3 is 0 Å². The summed E-state index contributed by atoms with van der Waals surface area (Å²) in [7, 11) is 0. The quantitative estimate of drug-likeness (QED) is 0.718. The van der Waals surface area contributed by atoms with Gasteiger partial charge in [-0.05, 0) is 24.1 Å². The molecular formula is C16H14ClNO. The van der Waals surface area contributed by atoms with E-state index >= 15 is 0 Å². The average Bonchev–Trinajstić information content (AvgIpc) is 2.47. The van der Waals surface area contributed by atoms with Crippen molar-refractivity contribution in [1.82, 2.24) is 0 Å². The number of carbonyl (C=O) groups excluding carboxylic acids is 1. The van der Waals surface area contributed by atoms with E-state index in [-0.39, 0.29) is 17.8 Å². The number of rotatable bonds is 1. The second-order valence-corrected chi connectivity index (χ2v) is 4.95. The van der Waals surface area contributed by atoms with Crippen LogP contribution in [0.25, 0.3) is 11.1 Å². The van der Waals surface area contributed by atoms with Gasteiger partial charge in [-0.1, -0.05) is 42.5 Å². The Balaban J connectivity index is 2.26. The van der Waals surface area contributed by atoms with Crippen molar-refractivity contribution in [3.63, 3.8) is 0 Å². The smallest absolute Gasteiger partial charge is 0.242 e. The van der Waals surface area contributed by atoms with Crippen molar-refractivity contribution in [2.75, 3.05) is 10.8 Å². The summed E-state index contributed by atoms with van der Waals surface area (Å²) in [5.74, 6) is -0.0583. The zero-order valence-electron chi connectivity index (χ0n) is 10.6. The number of hydrogen-bond donors (Lipinski definition) is 0. The van der Waals surface area contributed by atoms with Gasteiger partial charge in [0.05, 0.1) is 11.7 Å². The van der Waals surface area contributed by atoms with Gasteiger partial charge < -0.3 is 4.90 Å². The van der Waals surface area contributed by atoms with Gasteiger partial charge in [0.1, 0.15) is 5.88 Å². The van der Waals surface area contributed by atoms with Gasteiger partial charge in [0.25, 0.3) is 0 Å².